The number of carbonyl (C=O) groups is 2. The van der Waals surface area contributed by atoms with Crippen molar-refractivity contribution in [1.82, 2.24) is 10.2 Å². The van der Waals surface area contributed by atoms with Gasteiger partial charge >= 0.3 is 0 Å². The van der Waals surface area contributed by atoms with Crippen LogP contribution < -0.4 is 5.32 Å². The first-order chi connectivity index (χ1) is 12.8. The van der Waals surface area contributed by atoms with E-state index in [0.29, 0.717) is 18.1 Å². The summed E-state index contributed by atoms with van der Waals surface area (Å²) in [6, 6.07) is 14.3. The zero-order chi connectivity index (χ0) is 19.6. The first-order valence-corrected chi connectivity index (χ1v) is 9.30. The summed E-state index contributed by atoms with van der Waals surface area (Å²) in [6.07, 6.45) is 0.181. The van der Waals surface area contributed by atoms with E-state index in [2.05, 4.69) is 5.32 Å². The van der Waals surface area contributed by atoms with E-state index in [4.69, 9.17) is 11.6 Å². The number of benzene rings is 2. The van der Waals surface area contributed by atoms with Gasteiger partial charge in [0, 0.05) is 30.5 Å². The Bertz CT molecular complexity index is 821. The molecule has 1 aliphatic heterocycles. The van der Waals surface area contributed by atoms with Crippen molar-refractivity contribution in [2.24, 2.45) is 0 Å². The Kier molecular flexibility index (Phi) is 5.42. The molecule has 1 saturated heterocycles. The van der Waals surface area contributed by atoms with Gasteiger partial charge in [0.15, 0.2) is 0 Å². The van der Waals surface area contributed by atoms with Gasteiger partial charge in [-0.2, -0.15) is 0 Å². The molecule has 2 amide bonds. The van der Waals surface area contributed by atoms with Crippen LogP contribution >= 0.6 is 11.6 Å². The Labute approximate surface area is 163 Å². The molecule has 3 rings (SSSR count). The van der Waals surface area contributed by atoms with Crippen LogP contribution in [0.2, 0.25) is 5.02 Å². The van der Waals surface area contributed by atoms with Gasteiger partial charge in [0.2, 0.25) is 11.8 Å². The van der Waals surface area contributed by atoms with E-state index < -0.39 is 5.54 Å². The first-order valence-electron chi connectivity index (χ1n) is 8.92. The maximum absolute atomic E-state index is 13.1. The van der Waals surface area contributed by atoms with E-state index in [-0.39, 0.29) is 29.9 Å². The van der Waals surface area contributed by atoms with Crippen LogP contribution in [0.4, 0.5) is 0 Å². The minimum absolute atomic E-state index is 0.108. The van der Waals surface area contributed by atoms with Crippen molar-refractivity contribution in [3.63, 3.8) is 0 Å². The van der Waals surface area contributed by atoms with Crippen molar-refractivity contribution < 1.29 is 14.7 Å². The highest BCUT2D eigenvalue weighted by atomic mass is 35.5. The third-order valence-electron chi connectivity index (χ3n) is 5.05. The second kappa shape index (κ2) is 7.61. The number of amides is 2. The molecule has 27 heavy (non-hydrogen) atoms. The third-order valence-corrected chi connectivity index (χ3v) is 5.29. The molecule has 1 heterocycles. The van der Waals surface area contributed by atoms with Crippen molar-refractivity contribution >= 4 is 23.4 Å². The lowest BCUT2D eigenvalue weighted by Gasteiger charge is -2.41. The summed E-state index contributed by atoms with van der Waals surface area (Å²) in [4.78, 5) is 27.0. The van der Waals surface area contributed by atoms with Crippen LogP contribution in [0.5, 0.6) is 5.75 Å². The van der Waals surface area contributed by atoms with Gasteiger partial charge in [-0.05, 0) is 49.2 Å². The quantitative estimate of drug-likeness (QED) is 0.847. The van der Waals surface area contributed by atoms with Gasteiger partial charge in [0.25, 0.3) is 0 Å². The number of phenolic OH excluding ortho intramolecular Hbond substituents is 1. The van der Waals surface area contributed by atoms with Crippen LogP contribution in [0.3, 0.4) is 0 Å². The second-order valence-electron chi connectivity index (χ2n) is 7.27. The fourth-order valence-corrected chi connectivity index (χ4v) is 3.71. The lowest BCUT2D eigenvalue weighted by Crippen LogP contribution is -2.63. The smallest absolute Gasteiger partial charge is 0.245 e. The van der Waals surface area contributed by atoms with Crippen molar-refractivity contribution in [3.8, 4) is 5.75 Å². The van der Waals surface area contributed by atoms with Gasteiger partial charge in [-0.25, -0.2) is 0 Å². The summed E-state index contributed by atoms with van der Waals surface area (Å²) in [7, 11) is 0. The van der Waals surface area contributed by atoms with E-state index in [9.17, 15) is 14.7 Å². The second-order valence-corrected chi connectivity index (χ2v) is 7.70. The molecule has 0 bridgehead atoms. The highest BCUT2D eigenvalue weighted by molar-refractivity contribution is 6.30. The van der Waals surface area contributed by atoms with E-state index in [0.717, 1.165) is 11.1 Å². The number of nitrogens with one attached hydrogen (secondary N) is 1. The third kappa shape index (κ3) is 4.08. The molecule has 0 saturated carbocycles. The fraction of sp³-hybridized carbons (Fsp3) is 0.333. The Morgan fingerprint density at radius 1 is 1.22 bits per heavy atom. The Morgan fingerprint density at radius 3 is 2.56 bits per heavy atom. The van der Waals surface area contributed by atoms with Crippen LogP contribution in [0.15, 0.2) is 48.5 Å². The number of aromatic hydroxyl groups is 1. The van der Waals surface area contributed by atoms with Crippen molar-refractivity contribution in [2.75, 3.05) is 13.1 Å². The number of nitrogens with zero attached hydrogens (tertiary/aromatic N) is 1. The standard InChI is InChI=1S/C21H23ClN2O3/c1-21(2)20(27)23-9-10-24(21)19(26)13-18(14-5-3-7-16(22)11-14)15-6-4-8-17(25)12-15/h3-8,11-12,18,25H,9-10,13H2,1-2H3,(H,23,27)/t18-/m1/s1. The molecule has 2 aromatic rings. The number of phenols is 1. The van der Waals surface area contributed by atoms with Crippen LogP contribution in [0.1, 0.15) is 37.3 Å². The van der Waals surface area contributed by atoms with E-state index >= 15 is 0 Å². The SMILES string of the molecule is CC1(C)C(=O)NCCN1C(=O)C[C@@H](c1cccc(O)c1)c1cccc(Cl)c1. The number of halogens is 1. The molecule has 1 fully saturated rings. The molecular formula is C21H23ClN2O3. The van der Waals surface area contributed by atoms with E-state index in [1.165, 1.54) is 0 Å². The predicted molar refractivity (Wildman–Crippen MR) is 105 cm³/mol. The van der Waals surface area contributed by atoms with Crippen molar-refractivity contribution in [2.45, 2.75) is 31.7 Å². The van der Waals surface area contributed by atoms with Crippen LogP contribution in [0.25, 0.3) is 0 Å². The van der Waals surface area contributed by atoms with Crippen LogP contribution in [-0.4, -0.2) is 40.4 Å². The van der Waals surface area contributed by atoms with Gasteiger partial charge in [-0.3, -0.25) is 9.59 Å². The summed E-state index contributed by atoms with van der Waals surface area (Å²) in [5.74, 6) is -0.393. The number of piperazine rings is 1. The lowest BCUT2D eigenvalue weighted by atomic mass is 9.87. The summed E-state index contributed by atoms with van der Waals surface area (Å²) in [6.45, 7) is 4.42. The molecule has 1 atom stereocenters. The Morgan fingerprint density at radius 2 is 1.89 bits per heavy atom. The van der Waals surface area contributed by atoms with Crippen molar-refractivity contribution in [1.29, 1.82) is 0 Å². The normalized spacial score (nSPS) is 17.3. The zero-order valence-electron chi connectivity index (χ0n) is 15.4. The summed E-state index contributed by atoms with van der Waals surface area (Å²) in [5, 5.41) is 13.3. The molecule has 1 aliphatic rings. The van der Waals surface area contributed by atoms with Crippen LogP contribution in [-0.2, 0) is 9.59 Å². The van der Waals surface area contributed by atoms with Crippen molar-refractivity contribution in [3.05, 3.63) is 64.7 Å². The molecule has 0 unspecified atom stereocenters. The van der Waals surface area contributed by atoms with E-state index in [1.54, 1.807) is 43.0 Å². The summed E-state index contributed by atoms with van der Waals surface area (Å²) < 4.78 is 0. The molecule has 0 aliphatic carbocycles. The number of rotatable bonds is 4. The van der Waals surface area contributed by atoms with Gasteiger partial charge in [0.05, 0.1) is 0 Å². The molecule has 0 aromatic heterocycles. The number of carbonyl (C=O) groups excluding carboxylic acids is 2. The molecule has 6 heteroatoms. The first kappa shape index (κ1) is 19.2. The number of hydrogen-bond acceptors (Lipinski definition) is 3. The summed E-state index contributed by atoms with van der Waals surface area (Å²) >= 11 is 6.16. The van der Waals surface area contributed by atoms with Gasteiger partial charge < -0.3 is 15.3 Å². The molecule has 0 radical (unpaired) electrons. The van der Waals surface area contributed by atoms with E-state index in [1.807, 2.05) is 24.3 Å². The Balaban J connectivity index is 1.94. The minimum Gasteiger partial charge on any atom is -0.508 e. The van der Waals surface area contributed by atoms with Gasteiger partial charge in [-0.1, -0.05) is 35.9 Å². The lowest BCUT2D eigenvalue weighted by molar-refractivity contribution is -0.149. The highest BCUT2D eigenvalue weighted by Gasteiger charge is 2.40. The average molecular weight is 387 g/mol. The number of hydrogen-bond donors (Lipinski definition) is 2. The maximum atomic E-state index is 13.1. The molecule has 2 N–H and O–H groups in total. The fourth-order valence-electron chi connectivity index (χ4n) is 3.51. The molecular weight excluding hydrogens is 364 g/mol. The highest BCUT2D eigenvalue weighted by Crippen LogP contribution is 2.33. The predicted octanol–water partition coefficient (Wildman–Crippen LogP) is 3.30. The minimum atomic E-state index is -0.896. The van der Waals surface area contributed by atoms with Gasteiger partial charge in [-0.15, -0.1) is 0 Å². The molecule has 2 aromatic carbocycles. The van der Waals surface area contributed by atoms with Gasteiger partial charge in [0.1, 0.15) is 11.3 Å². The largest absolute Gasteiger partial charge is 0.508 e. The zero-order valence-corrected chi connectivity index (χ0v) is 16.2. The molecule has 142 valence electrons. The monoisotopic (exact) mass is 386 g/mol. The molecule has 5 nitrogen and oxygen atoms in total. The summed E-state index contributed by atoms with van der Waals surface area (Å²) in [5.41, 5.74) is 0.818. The topological polar surface area (TPSA) is 69.6 Å². The maximum Gasteiger partial charge on any atom is 0.245 e. The Hall–Kier alpha value is -2.53. The molecule has 0 spiro atoms. The average Bonchev–Trinajstić information content (AvgIpc) is 2.61. The van der Waals surface area contributed by atoms with Crippen LogP contribution in [0, 0.1) is 0 Å².